The Kier molecular flexibility index (Phi) is 2.72. The molecule has 1 aromatic rings. The fourth-order valence-electron chi connectivity index (χ4n) is 2.05. The molecule has 0 saturated heterocycles. The Bertz CT molecular complexity index is 447. The van der Waals surface area contributed by atoms with Gasteiger partial charge in [0.15, 0.2) is 0 Å². The van der Waals surface area contributed by atoms with Gasteiger partial charge < -0.3 is 0 Å². The van der Waals surface area contributed by atoms with E-state index in [9.17, 15) is 0 Å². The van der Waals surface area contributed by atoms with Gasteiger partial charge in [-0.1, -0.05) is 41.0 Å². The molecule has 0 radical (unpaired) electrons. The fraction of sp³-hybridized carbons (Fsp3) is 0.455. The highest BCUT2D eigenvalue weighted by Crippen LogP contribution is 2.43. The Morgan fingerprint density at radius 2 is 2.20 bits per heavy atom. The van der Waals surface area contributed by atoms with E-state index in [2.05, 4.69) is 51.9 Å². The molecule has 0 N–H and O–H groups in total. The smallest absolute Gasteiger partial charge is 0.0654 e. The van der Waals surface area contributed by atoms with Crippen molar-refractivity contribution in [3.05, 3.63) is 43.7 Å². The summed E-state index contributed by atoms with van der Waals surface area (Å²) in [5, 5.41) is 3.90. The SMILES string of the molecule is CC(C)C(N=[N+]=[N-])c1c2ccc(Br)c1C2. The summed E-state index contributed by atoms with van der Waals surface area (Å²) >= 11 is 3.52. The van der Waals surface area contributed by atoms with Gasteiger partial charge in [0.2, 0.25) is 0 Å². The molecule has 3 nitrogen and oxygen atoms in total. The lowest BCUT2D eigenvalue weighted by Crippen LogP contribution is -2.18. The van der Waals surface area contributed by atoms with E-state index in [1.54, 1.807) is 0 Å². The number of fused-ring (bicyclic) bond motifs is 2. The van der Waals surface area contributed by atoms with Crippen LogP contribution in [0, 0.1) is 5.92 Å². The maximum Gasteiger partial charge on any atom is 0.0654 e. The molecule has 2 aliphatic rings. The van der Waals surface area contributed by atoms with E-state index in [0.717, 1.165) is 10.9 Å². The van der Waals surface area contributed by atoms with E-state index < -0.39 is 0 Å². The number of azide groups is 1. The average Bonchev–Trinajstić information content (AvgIpc) is 2.16. The summed E-state index contributed by atoms with van der Waals surface area (Å²) in [4.78, 5) is 2.94. The Balaban J connectivity index is 2.46. The first-order chi connectivity index (χ1) is 7.15. The Morgan fingerprint density at radius 1 is 1.47 bits per heavy atom. The summed E-state index contributed by atoms with van der Waals surface area (Å²) in [5.74, 6) is 0.341. The van der Waals surface area contributed by atoms with E-state index in [4.69, 9.17) is 5.53 Å². The molecule has 0 amide bonds. The van der Waals surface area contributed by atoms with E-state index >= 15 is 0 Å². The molecule has 0 aliphatic heterocycles. The second-order valence-electron chi connectivity index (χ2n) is 4.17. The van der Waals surface area contributed by atoms with E-state index in [0.29, 0.717) is 5.92 Å². The lowest BCUT2D eigenvalue weighted by molar-refractivity contribution is 0.498. The van der Waals surface area contributed by atoms with Crippen molar-refractivity contribution in [3.8, 4) is 0 Å². The number of hydrogen-bond donors (Lipinski definition) is 0. The summed E-state index contributed by atoms with van der Waals surface area (Å²) in [5.41, 5.74) is 12.4. The highest BCUT2D eigenvalue weighted by molar-refractivity contribution is 9.10. The molecule has 1 unspecified atom stereocenters. The number of nitrogens with zero attached hydrogens (tertiary/aromatic N) is 3. The number of rotatable bonds is 3. The molecule has 0 spiro atoms. The molecule has 0 aromatic heterocycles. The van der Waals surface area contributed by atoms with Gasteiger partial charge in [-0.05, 0) is 40.6 Å². The summed E-state index contributed by atoms with van der Waals surface area (Å²) in [6.07, 6.45) is 1.01. The largest absolute Gasteiger partial charge is 0.0856 e. The van der Waals surface area contributed by atoms with Gasteiger partial charge in [-0.25, -0.2) is 0 Å². The van der Waals surface area contributed by atoms with Crippen LogP contribution in [0.5, 0.6) is 0 Å². The van der Waals surface area contributed by atoms with Crippen LogP contribution in [-0.4, -0.2) is 0 Å². The van der Waals surface area contributed by atoms with Crippen LogP contribution < -0.4 is 0 Å². The highest BCUT2D eigenvalue weighted by Gasteiger charge is 2.29. The van der Waals surface area contributed by atoms with Crippen LogP contribution in [0.2, 0.25) is 0 Å². The van der Waals surface area contributed by atoms with Crippen molar-refractivity contribution in [2.24, 2.45) is 11.0 Å². The summed E-state index contributed by atoms with van der Waals surface area (Å²) < 4.78 is 1.13. The van der Waals surface area contributed by atoms with Gasteiger partial charge in [0.05, 0.1) is 6.04 Å². The molecule has 2 aliphatic carbocycles. The van der Waals surface area contributed by atoms with Crippen molar-refractivity contribution in [3.63, 3.8) is 0 Å². The summed E-state index contributed by atoms with van der Waals surface area (Å²) in [6.45, 7) is 4.16. The van der Waals surface area contributed by atoms with Crippen molar-refractivity contribution in [1.29, 1.82) is 0 Å². The molecule has 2 bridgehead atoms. The van der Waals surface area contributed by atoms with Crippen molar-refractivity contribution in [1.82, 2.24) is 0 Å². The quantitative estimate of drug-likeness (QED) is 0.450. The summed E-state index contributed by atoms with van der Waals surface area (Å²) in [7, 11) is 0. The van der Waals surface area contributed by atoms with Gasteiger partial charge in [-0.2, -0.15) is 0 Å². The molecule has 1 aromatic carbocycles. The maximum atomic E-state index is 8.57. The first kappa shape index (κ1) is 10.5. The molecule has 0 fully saturated rings. The second-order valence-corrected chi connectivity index (χ2v) is 5.02. The topological polar surface area (TPSA) is 48.8 Å². The molecule has 0 heterocycles. The molecular weight excluding hydrogens is 254 g/mol. The zero-order valence-electron chi connectivity index (χ0n) is 8.74. The Morgan fingerprint density at radius 3 is 2.67 bits per heavy atom. The summed E-state index contributed by atoms with van der Waals surface area (Å²) in [6, 6.07) is 4.14. The lowest BCUT2D eigenvalue weighted by Gasteiger charge is -2.31. The van der Waals surface area contributed by atoms with E-state index in [-0.39, 0.29) is 6.04 Å². The number of hydrogen-bond acceptors (Lipinski definition) is 1. The van der Waals surface area contributed by atoms with Crippen molar-refractivity contribution in [2.75, 3.05) is 0 Å². The van der Waals surface area contributed by atoms with Crippen molar-refractivity contribution >= 4 is 15.9 Å². The predicted molar refractivity (Wildman–Crippen MR) is 63.7 cm³/mol. The predicted octanol–water partition coefficient (Wildman–Crippen LogP) is 4.36. The average molecular weight is 266 g/mol. The third kappa shape index (κ3) is 1.64. The number of halogens is 1. The van der Waals surface area contributed by atoms with Gasteiger partial charge in [-0.15, -0.1) is 0 Å². The van der Waals surface area contributed by atoms with Crippen LogP contribution in [0.3, 0.4) is 0 Å². The highest BCUT2D eigenvalue weighted by atomic mass is 79.9. The zero-order chi connectivity index (χ0) is 11.0. The van der Waals surface area contributed by atoms with Crippen LogP contribution in [0.1, 0.15) is 36.6 Å². The van der Waals surface area contributed by atoms with Crippen LogP contribution in [-0.2, 0) is 6.42 Å². The first-order valence-corrected chi connectivity index (χ1v) is 5.78. The molecule has 78 valence electrons. The standard InChI is InChI=1S/C11H12BrN3/c1-6(2)11(14-15-13)10-7-3-4-9(12)8(10)5-7/h3-4,6,11H,5H2,1-2H3. The Labute approximate surface area is 97.3 Å². The van der Waals surface area contributed by atoms with Crippen LogP contribution >= 0.6 is 15.9 Å². The fourth-order valence-corrected chi connectivity index (χ4v) is 2.54. The van der Waals surface area contributed by atoms with Gasteiger partial charge in [0.25, 0.3) is 0 Å². The monoisotopic (exact) mass is 265 g/mol. The molecule has 15 heavy (non-hydrogen) atoms. The lowest BCUT2D eigenvalue weighted by atomic mass is 9.78. The normalized spacial score (nSPS) is 14.4. The van der Waals surface area contributed by atoms with Crippen LogP contribution in [0.25, 0.3) is 10.4 Å². The van der Waals surface area contributed by atoms with Crippen LogP contribution in [0.15, 0.2) is 21.7 Å². The maximum absolute atomic E-state index is 8.57. The molecular formula is C11H12BrN3. The van der Waals surface area contributed by atoms with Gasteiger partial charge in [-0.3, -0.25) is 0 Å². The zero-order valence-corrected chi connectivity index (χ0v) is 10.3. The molecule has 0 saturated carbocycles. The number of benzene rings is 1. The second kappa shape index (κ2) is 3.87. The first-order valence-electron chi connectivity index (χ1n) is 4.99. The molecule has 1 atom stereocenters. The van der Waals surface area contributed by atoms with Gasteiger partial charge >= 0.3 is 0 Å². The minimum absolute atomic E-state index is 0.0220. The third-order valence-corrected chi connectivity index (χ3v) is 3.60. The third-order valence-electron chi connectivity index (χ3n) is 2.86. The van der Waals surface area contributed by atoms with Gasteiger partial charge in [0.1, 0.15) is 0 Å². The molecule has 3 rings (SSSR count). The Hall–Kier alpha value is -0.990. The van der Waals surface area contributed by atoms with Crippen molar-refractivity contribution in [2.45, 2.75) is 26.3 Å². The van der Waals surface area contributed by atoms with Crippen molar-refractivity contribution < 1.29 is 0 Å². The van der Waals surface area contributed by atoms with E-state index in [1.807, 2.05) is 0 Å². The van der Waals surface area contributed by atoms with Crippen LogP contribution in [0.4, 0.5) is 0 Å². The molecule has 4 heteroatoms. The van der Waals surface area contributed by atoms with Gasteiger partial charge in [0, 0.05) is 9.38 Å². The van der Waals surface area contributed by atoms with E-state index in [1.165, 1.54) is 16.7 Å². The minimum atomic E-state index is -0.0220. The minimum Gasteiger partial charge on any atom is -0.0856 e.